The molecule has 1 aliphatic rings. The largest absolute Gasteiger partial charge is 0.431 e. The number of anilines is 1. The van der Waals surface area contributed by atoms with Crippen molar-refractivity contribution in [2.24, 2.45) is 12.8 Å². The molecule has 0 radical (unpaired) electrons. The van der Waals surface area contributed by atoms with Gasteiger partial charge in [-0.3, -0.25) is 24.2 Å². The van der Waals surface area contributed by atoms with Crippen LogP contribution in [-0.4, -0.2) is 29.0 Å². The number of H-pyrrole nitrogens is 1. The van der Waals surface area contributed by atoms with Gasteiger partial charge in [0.25, 0.3) is 5.91 Å². The molecule has 2 heterocycles. The molecule has 1 fully saturated rings. The van der Waals surface area contributed by atoms with E-state index in [1.54, 1.807) is 7.05 Å². The van der Waals surface area contributed by atoms with Crippen LogP contribution in [0.5, 0.6) is 0 Å². The molecule has 0 aliphatic carbocycles. The molecule has 25 heavy (non-hydrogen) atoms. The van der Waals surface area contributed by atoms with E-state index < -0.39 is 23.5 Å². The average Bonchev–Trinajstić information content (AvgIpc) is 3.04. The summed E-state index contributed by atoms with van der Waals surface area (Å²) < 4.78 is 6.01. The van der Waals surface area contributed by atoms with E-state index in [9.17, 15) is 19.2 Å². The summed E-state index contributed by atoms with van der Waals surface area (Å²) in [5.74, 6) is -1.40. The molecular weight excluding hydrogens is 330 g/mol. The van der Waals surface area contributed by atoms with Crippen LogP contribution in [0.15, 0.2) is 33.6 Å². The SMILES string of the molecule is C[n+]1[nH]oc(=O)c1CNC1CC(=O)N(c2ccc(C(N)=O)cc2)C1=O. The normalized spacial score (nSPS) is 17.3. The van der Waals surface area contributed by atoms with E-state index in [1.165, 1.54) is 28.9 Å². The van der Waals surface area contributed by atoms with Crippen LogP contribution >= 0.6 is 0 Å². The quantitative estimate of drug-likeness (QED) is 0.436. The minimum atomic E-state index is -0.752. The standard InChI is InChI=1S/C15H15N5O5/c1-19-11(15(24)25-18-19)7-17-10-6-12(21)20(14(10)23)9-4-2-8(3-5-9)13(16)22/h2-5,10,17H,6-7H2,1H3,(H2-,16,18,22,24)/p+1. The van der Waals surface area contributed by atoms with Crippen LogP contribution in [0.1, 0.15) is 22.5 Å². The number of nitrogens with two attached hydrogens (primary N) is 1. The summed E-state index contributed by atoms with van der Waals surface area (Å²) in [4.78, 5) is 48.3. The third kappa shape index (κ3) is 3.06. The highest BCUT2D eigenvalue weighted by atomic mass is 16.5. The minimum Gasteiger partial charge on any atom is -0.366 e. The van der Waals surface area contributed by atoms with Gasteiger partial charge in [0, 0.05) is 5.56 Å². The maximum absolute atomic E-state index is 12.5. The number of primary amides is 1. The van der Waals surface area contributed by atoms with Crippen LogP contribution in [0.4, 0.5) is 5.69 Å². The summed E-state index contributed by atoms with van der Waals surface area (Å²) in [7, 11) is 1.59. The van der Waals surface area contributed by atoms with Crippen molar-refractivity contribution in [2.45, 2.75) is 19.0 Å². The summed E-state index contributed by atoms with van der Waals surface area (Å²) in [6.45, 7) is 0.0699. The van der Waals surface area contributed by atoms with Crippen molar-refractivity contribution in [3.8, 4) is 0 Å². The lowest BCUT2D eigenvalue weighted by Gasteiger charge is -2.15. The molecule has 2 aromatic rings. The molecular formula is C15H16N5O5+. The Morgan fingerprint density at radius 2 is 2.04 bits per heavy atom. The number of carbonyl (C=O) groups is 3. The van der Waals surface area contributed by atoms with Crippen molar-refractivity contribution in [1.82, 2.24) is 10.6 Å². The number of nitrogens with zero attached hydrogens (tertiary/aromatic N) is 2. The fraction of sp³-hybridized carbons (Fsp3) is 0.267. The van der Waals surface area contributed by atoms with Gasteiger partial charge in [0.15, 0.2) is 7.05 Å². The maximum atomic E-state index is 12.5. The van der Waals surface area contributed by atoms with Gasteiger partial charge in [-0.1, -0.05) is 4.68 Å². The number of nitrogens with one attached hydrogen (secondary N) is 2. The lowest BCUT2D eigenvalue weighted by molar-refractivity contribution is -0.746. The molecule has 4 N–H and O–H groups in total. The highest BCUT2D eigenvalue weighted by molar-refractivity contribution is 6.22. The van der Waals surface area contributed by atoms with Crippen LogP contribution in [0, 0.1) is 0 Å². The summed E-state index contributed by atoms with van der Waals surface area (Å²) in [6, 6.07) is 5.11. The molecule has 0 saturated carbocycles. The monoisotopic (exact) mass is 346 g/mol. The van der Waals surface area contributed by atoms with Crippen molar-refractivity contribution in [3.63, 3.8) is 0 Å². The fourth-order valence-electron chi connectivity index (χ4n) is 2.61. The predicted molar refractivity (Wildman–Crippen MR) is 83.2 cm³/mol. The van der Waals surface area contributed by atoms with Crippen LogP contribution in [0.2, 0.25) is 0 Å². The van der Waals surface area contributed by atoms with Crippen molar-refractivity contribution < 1.29 is 23.6 Å². The topological polar surface area (TPSA) is 142 Å². The van der Waals surface area contributed by atoms with Crippen molar-refractivity contribution in [1.29, 1.82) is 0 Å². The number of rotatable bonds is 5. The Bertz CT molecular complexity index is 898. The number of amides is 3. The van der Waals surface area contributed by atoms with Gasteiger partial charge in [-0.25, -0.2) is 9.69 Å². The number of hydrogen-bond donors (Lipinski definition) is 3. The zero-order valence-electron chi connectivity index (χ0n) is 13.3. The van der Waals surface area contributed by atoms with E-state index in [4.69, 9.17) is 5.73 Å². The van der Waals surface area contributed by atoms with E-state index in [1.807, 2.05) is 0 Å². The van der Waals surface area contributed by atoms with Gasteiger partial charge >= 0.3 is 11.3 Å². The molecule has 3 rings (SSSR count). The smallest absolute Gasteiger partial charge is 0.366 e. The van der Waals surface area contributed by atoms with Crippen molar-refractivity contribution in [3.05, 3.63) is 45.9 Å². The molecule has 1 aromatic carbocycles. The summed E-state index contributed by atoms with van der Waals surface area (Å²) in [5, 5.41) is 5.26. The number of imide groups is 1. The molecule has 10 nitrogen and oxygen atoms in total. The Kier molecular flexibility index (Phi) is 4.19. The van der Waals surface area contributed by atoms with E-state index in [0.29, 0.717) is 11.4 Å². The van der Waals surface area contributed by atoms with Crippen molar-refractivity contribution >= 4 is 23.4 Å². The van der Waals surface area contributed by atoms with E-state index in [-0.39, 0.29) is 24.4 Å². The van der Waals surface area contributed by atoms with Crippen LogP contribution < -0.4 is 26.3 Å². The third-order valence-corrected chi connectivity index (χ3v) is 3.99. The number of aromatic nitrogens is 2. The molecule has 3 amide bonds. The molecule has 1 aromatic heterocycles. The van der Waals surface area contributed by atoms with Crippen molar-refractivity contribution in [2.75, 3.05) is 4.90 Å². The number of hydrogen-bond acceptors (Lipinski definition) is 6. The first kappa shape index (κ1) is 16.6. The first-order valence-electron chi connectivity index (χ1n) is 7.45. The molecule has 1 aliphatic heterocycles. The van der Waals surface area contributed by atoms with Gasteiger partial charge in [0.05, 0.1) is 24.7 Å². The van der Waals surface area contributed by atoms with Crippen LogP contribution in [-0.2, 0) is 23.2 Å². The lowest BCUT2D eigenvalue weighted by atomic mass is 10.2. The molecule has 0 bridgehead atoms. The van der Waals surface area contributed by atoms with Crippen LogP contribution in [0.3, 0.4) is 0 Å². The third-order valence-electron chi connectivity index (χ3n) is 3.99. The van der Waals surface area contributed by atoms with Gasteiger partial charge in [0.2, 0.25) is 11.8 Å². The second kappa shape index (κ2) is 6.32. The second-order valence-electron chi connectivity index (χ2n) is 5.60. The zero-order valence-corrected chi connectivity index (χ0v) is 13.3. The molecule has 10 heteroatoms. The maximum Gasteiger partial charge on any atom is 0.431 e. The first-order valence-corrected chi connectivity index (χ1v) is 7.45. The average molecular weight is 346 g/mol. The number of aromatic amines is 1. The molecule has 1 unspecified atom stereocenters. The zero-order chi connectivity index (χ0) is 18.1. The summed E-state index contributed by atoms with van der Waals surface area (Å²) in [6.07, 6.45) is -0.0319. The predicted octanol–water partition coefficient (Wildman–Crippen LogP) is -1.69. The summed E-state index contributed by atoms with van der Waals surface area (Å²) >= 11 is 0. The highest BCUT2D eigenvalue weighted by Gasteiger charge is 2.39. The Morgan fingerprint density at radius 3 is 2.60 bits per heavy atom. The van der Waals surface area contributed by atoms with Gasteiger partial charge in [-0.15, -0.1) is 0 Å². The minimum absolute atomic E-state index is 0.0319. The number of carbonyl (C=O) groups excluding carboxylic acids is 3. The Labute approximate surface area is 141 Å². The summed E-state index contributed by atoms with van der Waals surface area (Å²) in [5.41, 5.74) is 5.55. The van der Waals surface area contributed by atoms with Gasteiger partial charge in [0.1, 0.15) is 0 Å². The first-order chi connectivity index (χ1) is 11.9. The number of aryl methyl sites for hydroxylation is 1. The van der Waals surface area contributed by atoms with E-state index in [2.05, 4.69) is 15.1 Å². The van der Waals surface area contributed by atoms with Gasteiger partial charge < -0.3 is 5.73 Å². The molecule has 130 valence electrons. The fourth-order valence-corrected chi connectivity index (χ4v) is 2.61. The van der Waals surface area contributed by atoms with Gasteiger partial charge in [-0.2, -0.15) is 0 Å². The lowest BCUT2D eigenvalue weighted by Crippen LogP contribution is -2.43. The van der Waals surface area contributed by atoms with E-state index >= 15 is 0 Å². The molecule has 1 saturated heterocycles. The molecule has 1 atom stereocenters. The Balaban J connectivity index is 1.73. The van der Waals surface area contributed by atoms with Gasteiger partial charge in [-0.05, 0) is 29.5 Å². The Hall–Kier alpha value is -3.27. The van der Waals surface area contributed by atoms with E-state index in [0.717, 1.165) is 4.90 Å². The second-order valence-corrected chi connectivity index (χ2v) is 5.60. The van der Waals surface area contributed by atoms with Crippen LogP contribution in [0.25, 0.3) is 0 Å². The molecule has 0 spiro atoms. The number of benzene rings is 1. The Morgan fingerprint density at radius 1 is 1.36 bits per heavy atom. The highest BCUT2D eigenvalue weighted by Crippen LogP contribution is 2.23.